The van der Waals surface area contributed by atoms with Gasteiger partial charge in [0.1, 0.15) is 6.29 Å². The lowest BCUT2D eigenvalue weighted by Crippen LogP contribution is -2.01. The maximum absolute atomic E-state index is 10.4. The van der Waals surface area contributed by atoms with E-state index in [4.69, 9.17) is 0 Å². The van der Waals surface area contributed by atoms with Crippen molar-refractivity contribution in [3.8, 4) is 0 Å². The van der Waals surface area contributed by atoms with E-state index in [1.165, 1.54) is 16.7 Å². The molecule has 0 radical (unpaired) electrons. The SMILES string of the molecule is O=C/C=C1/CCCc2ccccc21. The number of carbonyl (C=O) groups is 1. The Bertz CT molecular complexity index is 350. The molecule has 0 fully saturated rings. The minimum Gasteiger partial charge on any atom is -0.299 e. The standard InChI is InChI=1S/C12H12O/c13-9-8-11-6-3-5-10-4-1-2-7-12(10)11/h1-2,4,7-9H,3,5-6H2/b11-8-. The molecule has 1 aromatic carbocycles. The molecular weight excluding hydrogens is 160 g/mol. The highest BCUT2D eigenvalue weighted by Gasteiger charge is 2.11. The first-order chi connectivity index (χ1) is 6.42. The number of rotatable bonds is 1. The molecule has 0 atom stereocenters. The quantitative estimate of drug-likeness (QED) is 0.470. The van der Waals surface area contributed by atoms with Gasteiger partial charge in [-0.05, 0) is 42.0 Å². The van der Waals surface area contributed by atoms with Crippen molar-refractivity contribution in [2.75, 3.05) is 0 Å². The summed E-state index contributed by atoms with van der Waals surface area (Å²) >= 11 is 0. The second-order valence-corrected chi connectivity index (χ2v) is 3.34. The monoisotopic (exact) mass is 172 g/mol. The Morgan fingerprint density at radius 2 is 2.00 bits per heavy atom. The summed E-state index contributed by atoms with van der Waals surface area (Å²) in [5.74, 6) is 0. The Morgan fingerprint density at radius 1 is 1.15 bits per heavy atom. The van der Waals surface area contributed by atoms with E-state index in [1.54, 1.807) is 6.08 Å². The van der Waals surface area contributed by atoms with Crippen LogP contribution in [0.15, 0.2) is 30.3 Å². The van der Waals surface area contributed by atoms with E-state index in [1.807, 2.05) is 6.07 Å². The normalized spacial score (nSPS) is 18.3. The summed E-state index contributed by atoms with van der Waals surface area (Å²) in [7, 11) is 0. The third-order valence-electron chi connectivity index (χ3n) is 2.52. The minimum atomic E-state index is 0.886. The van der Waals surface area contributed by atoms with E-state index in [9.17, 15) is 4.79 Å². The van der Waals surface area contributed by atoms with Crippen LogP contribution in [0.1, 0.15) is 24.0 Å². The zero-order chi connectivity index (χ0) is 9.10. The van der Waals surface area contributed by atoms with Gasteiger partial charge in [0.2, 0.25) is 0 Å². The highest BCUT2D eigenvalue weighted by molar-refractivity contribution is 5.83. The first kappa shape index (κ1) is 8.24. The number of hydrogen-bond acceptors (Lipinski definition) is 1. The second-order valence-electron chi connectivity index (χ2n) is 3.34. The summed E-state index contributed by atoms with van der Waals surface area (Å²) in [4.78, 5) is 10.4. The van der Waals surface area contributed by atoms with E-state index in [0.29, 0.717) is 0 Å². The van der Waals surface area contributed by atoms with Crippen LogP contribution in [0.3, 0.4) is 0 Å². The van der Waals surface area contributed by atoms with Crippen LogP contribution in [0.25, 0.3) is 5.57 Å². The van der Waals surface area contributed by atoms with Crippen molar-refractivity contribution in [3.05, 3.63) is 41.5 Å². The van der Waals surface area contributed by atoms with Crippen LogP contribution in [0.5, 0.6) is 0 Å². The van der Waals surface area contributed by atoms with Gasteiger partial charge < -0.3 is 0 Å². The molecule has 0 spiro atoms. The van der Waals surface area contributed by atoms with Crippen molar-refractivity contribution in [2.24, 2.45) is 0 Å². The predicted molar refractivity (Wildman–Crippen MR) is 53.4 cm³/mol. The van der Waals surface area contributed by atoms with Crippen LogP contribution in [0.2, 0.25) is 0 Å². The molecule has 0 heterocycles. The summed E-state index contributed by atoms with van der Waals surface area (Å²) in [5, 5.41) is 0. The van der Waals surface area contributed by atoms with Crippen molar-refractivity contribution >= 4 is 11.9 Å². The minimum absolute atomic E-state index is 0.886. The predicted octanol–water partition coefficient (Wildman–Crippen LogP) is 2.61. The molecule has 0 bridgehead atoms. The largest absolute Gasteiger partial charge is 0.299 e. The molecule has 1 aromatic rings. The molecular formula is C12H12O. The average molecular weight is 172 g/mol. The molecule has 1 aliphatic rings. The Balaban J connectivity index is 2.48. The Labute approximate surface area is 78.1 Å². The van der Waals surface area contributed by atoms with Crippen LogP contribution in [0, 0.1) is 0 Å². The zero-order valence-corrected chi connectivity index (χ0v) is 7.49. The van der Waals surface area contributed by atoms with Crippen molar-refractivity contribution in [2.45, 2.75) is 19.3 Å². The van der Waals surface area contributed by atoms with Gasteiger partial charge in [-0.1, -0.05) is 24.3 Å². The molecule has 1 aliphatic carbocycles. The molecule has 0 saturated carbocycles. The van der Waals surface area contributed by atoms with Crippen LogP contribution >= 0.6 is 0 Å². The topological polar surface area (TPSA) is 17.1 Å². The fourth-order valence-corrected chi connectivity index (χ4v) is 1.91. The Morgan fingerprint density at radius 3 is 2.85 bits per heavy atom. The summed E-state index contributed by atoms with van der Waals surface area (Å²) < 4.78 is 0. The van der Waals surface area contributed by atoms with E-state index < -0.39 is 0 Å². The zero-order valence-electron chi connectivity index (χ0n) is 7.49. The number of fused-ring (bicyclic) bond motifs is 1. The highest BCUT2D eigenvalue weighted by atomic mass is 16.1. The number of benzene rings is 1. The van der Waals surface area contributed by atoms with Crippen molar-refractivity contribution in [1.82, 2.24) is 0 Å². The maximum Gasteiger partial charge on any atom is 0.143 e. The number of allylic oxidation sites excluding steroid dienone is 2. The van der Waals surface area contributed by atoms with Gasteiger partial charge in [-0.25, -0.2) is 0 Å². The Kier molecular flexibility index (Phi) is 2.26. The van der Waals surface area contributed by atoms with E-state index in [0.717, 1.165) is 25.5 Å². The number of aldehydes is 1. The van der Waals surface area contributed by atoms with Gasteiger partial charge in [0.05, 0.1) is 0 Å². The smallest absolute Gasteiger partial charge is 0.143 e. The number of carbonyl (C=O) groups excluding carboxylic acids is 1. The summed E-state index contributed by atoms with van der Waals surface area (Å²) in [6, 6.07) is 8.34. The fraction of sp³-hybridized carbons (Fsp3) is 0.250. The first-order valence-electron chi connectivity index (χ1n) is 4.64. The molecule has 2 rings (SSSR count). The lowest BCUT2D eigenvalue weighted by atomic mass is 9.87. The molecule has 66 valence electrons. The van der Waals surface area contributed by atoms with Crippen molar-refractivity contribution in [1.29, 1.82) is 0 Å². The molecule has 0 aromatic heterocycles. The number of aryl methyl sites for hydroxylation is 1. The van der Waals surface area contributed by atoms with Gasteiger partial charge >= 0.3 is 0 Å². The molecule has 1 heteroatoms. The Hall–Kier alpha value is -1.37. The lowest BCUT2D eigenvalue weighted by Gasteiger charge is -2.17. The summed E-state index contributed by atoms with van der Waals surface area (Å²) in [5.41, 5.74) is 3.83. The van der Waals surface area contributed by atoms with Crippen LogP contribution in [-0.2, 0) is 11.2 Å². The summed E-state index contributed by atoms with van der Waals surface area (Å²) in [6.45, 7) is 0. The lowest BCUT2D eigenvalue weighted by molar-refractivity contribution is -0.104. The van der Waals surface area contributed by atoms with E-state index in [-0.39, 0.29) is 0 Å². The van der Waals surface area contributed by atoms with Crippen molar-refractivity contribution in [3.63, 3.8) is 0 Å². The van der Waals surface area contributed by atoms with Gasteiger partial charge in [-0.2, -0.15) is 0 Å². The van der Waals surface area contributed by atoms with Gasteiger partial charge in [0.25, 0.3) is 0 Å². The number of hydrogen-bond donors (Lipinski definition) is 0. The fourth-order valence-electron chi connectivity index (χ4n) is 1.91. The molecule has 13 heavy (non-hydrogen) atoms. The summed E-state index contributed by atoms with van der Waals surface area (Å²) in [6.07, 6.45) is 5.92. The van der Waals surface area contributed by atoms with E-state index in [2.05, 4.69) is 18.2 Å². The van der Waals surface area contributed by atoms with Gasteiger partial charge in [-0.15, -0.1) is 0 Å². The molecule has 0 N–H and O–H groups in total. The average Bonchev–Trinajstić information content (AvgIpc) is 2.19. The molecule has 0 amide bonds. The van der Waals surface area contributed by atoms with Crippen LogP contribution < -0.4 is 0 Å². The van der Waals surface area contributed by atoms with E-state index >= 15 is 0 Å². The van der Waals surface area contributed by atoms with Gasteiger partial charge in [0, 0.05) is 0 Å². The molecule has 0 saturated heterocycles. The van der Waals surface area contributed by atoms with Gasteiger partial charge in [-0.3, -0.25) is 4.79 Å². The van der Waals surface area contributed by atoms with Crippen LogP contribution in [0.4, 0.5) is 0 Å². The first-order valence-corrected chi connectivity index (χ1v) is 4.64. The van der Waals surface area contributed by atoms with Crippen LogP contribution in [-0.4, -0.2) is 6.29 Å². The second kappa shape index (κ2) is 3.56. The molecule has 0 unspecified atom stereocenters. The van der Waals surface area contributed by atoms with Gasteiger partial charge in [0.15, 0.2) is 0 Å². The third kappa shape index (κ3) is 1.55. The third-order valence-corrected chi connectivity index (χ3v) is 2.52. The molecule has 1 nitrogen and oxygen atoms in total. The molecule has 0 aliphatic heterocycles. The van der Waals surface area contributed by atoms with Crippen molar-refractivity contribution < 1.29 is 4.79 Å². The highest BCUT2D eigenvalue weighted by Crippen LogP contribution is 2.29. The maximum atomic E-state index is 10.4.